The fourth-order valence-electron chi connectivity index (χ4n) is 4.12. The number of rotatable bonds is 3. The molecule has 0 N–H and O–H groups in total. The van der Waals surface area contributed by atoms with Crippen LogP contribution in [0.3, 0.4) is 0 Å². The minimum Gasteiger partial charge on any atom is -0.330 e. The summed E-state index contributed by atoms with van der Waals surface area (Å²) in [6, 6.07) is 13.8. The molecule has 1 amide bonds. The van der Waals surface area contributed by atoms with E-state index in [1.54, 1.807) is 53.4 Å². The van der Waals surface area contributed by atoms with Crippen molar-refractivity contribution >= 4 is 21.6 Å². The molecule has 28 heavy (non-hydrogen) atoms. The van der Waals surface area contributed by atoms with E-state index in [1.807, 2.05) is 6.92 Å². The number of hydrogen-bond donors (Lipinski definition) is 0. The van der Waals surface area contributed by atoms with Crippen molar-refractivity contribution in [2.45, 2.75) is 43.5 Å². The summed E-state index contributed by atoms with van der Waals surface area (Å²) in [4.78, 5) is 15.3. The number of nitrogens with zero attached hydrogens (tertiary/aromatic N) is 2. The average molecular weight is 397 g/mol. The molecule has 5 nitrogen and oxygen atoms in total. The van der Waals surface area contributed by atoms with Gasteiger partial charge in [0.05, 0.1) is 22.7 Å². The van der Waals surface area contributed by atoms with Gasteiger partial charge in [0, 0.05) is 11.7 Å². The van der Waals surface area contributed by atoms with Crippen LogP contribution < -0.4 is 4.31 Å². The summed E-state index contributed by atoms with van der Waals surface area (Å²) in [5.41, 5.74) is 2.16. The van der Waals surface area contributed by atoms with Crippen molar-refractivity contribution in [1.82, 2.24) is 4.90 Å². The SMILES string of the molecule is C=C1CN(C2CCCC2)C(=O)c2ccccc2N1S(=O)(=O)c1ccc(C)cc1. The van der Waals surface area contributed by atoms with Gasteiger partial charge in [-0.05, 0) is 44.0 Å². The lowest BCUT2D eigenvalue weighted by atomic mass is 10.1. The summed E-state index contributed by atoms with van der Waals surface area (Å²) >= 11 is 0. The maximum absolute atomic E-state index is 13.5. The zero-order valence-electron chi connectivity index (χ0n) is 16.0. The van der Waals surface area contributed by atoms with Crippen molar-refractivity contribution in [1.29, 1.82) is 0 Å². The molecule has 146 valence electrons. The van der Waals surface area contributed by atoms with Crippen LogP contribution in [0, 0.1) is 6.92 Å². The smallest absolute Gasteiger partial charge is 0.268 e. The normalized spacial score (nSPS) is 18.3. The van der Waals surface area contributed by atoms with E-state index in [-0.39, 0.29) is 23.4 Å². The first-order valence-corrected chi connectivity index (χ1v) is 11.0. The standard InChI is InChI=1S/C22H24N2O3S/c1-16-11-13-19(14-12-16)28(26,27)24-17(2)15-23(18-7-3-4-8-18)22(25)20-9-5-6-10-21(20)24/h5-6,9-14,18H,2-4,7-8,15H2,1H3. The lowest BCUT2D eigenvalue weighted by Gasteiger charge is -2.29. The van der Waals surface area contributed by atoms with E-state index in [2.05, 4.69) is 6.58 Å². The van der Waals surface area contributed by atoms with Crippen LogP contribution in [0.2, 0.25) is 0 Å². The topological polar surface area (TPSA) is 57.7 Å². The molecular formula is C22H24N2O3S. The molecule has 1 heterocycles. The monoisotopic (exact) mass is 396 g/mol. The van der Waals surface area contributed by atoms with E-state index in [0.717, 1.165) is 31.2 Å². The number of aryl methyl sites for hydroxylation is 1. The predicted octanol–water partition coefficient (Wildman–Crippen LogP) is 4.10. The lowest BCUT2D eigenvalue weighted by Crippen LogP contribution is -2.40. The number of carbonyl (C=O) groups excluding carboxylic acids is 1. The first-order chi connectivity index (χ1) is 13.4. The maximum Gasteiger partial charge on any atom is 0.268 e. The highest BCUT2D eigenvalue weighted by Gasteiger charge is 2.38. The van der Waals surface area contributed by atoms with Crippen molar-refractivity contribution in [2.24, 2.45) is 0 Å². The maximum atomic E-state index is 13.5. The van der Waals surface area contributed by atoms with E-state index in [1.165, 1.54) is 4.31 Å². The van der Waals surface area contributed by atoms with Crippen LogP contribution in [0.1, 0.15) is 41.6 Å². The van der Waals surface area contributed by atoms with Crippen LogP contribution in [-0.2, 0) is 10.0 Å². The van der Waals surface area contributed by atoms with Crippen LogP contribution in [0.25, 0.3) is 0 Å². The van der Waals surface area contributed by atoms with Crippen LogP contribution in [0.4, 0.5) is 5.69 Å². The summed E-state index contributed by atoms with van der Waals surface area (Å²) in [5.74, 6) is -0.120. The van der Waals surface area contributed by atoms with Gasteiger partial charge >= 0.3 is 0 Å². The first kappa shape index (κ1) is 18.7. The van der Waals surface area contributed by atoms with Crippen molar-refractivity contribution in [3.05, 3.63) is 71.9 Å². The summed E-state index contributed by atoms with van der Waals surface area (Å²) in [5, 5.41) is 0. The number of benzene rings is 2. The number of carbonyl (C=O) groups is 1. The van der Waals surface area contributed by atoms with E-state index >= 15 is 0 Å². The molecule has 1 aliphatic heterocycles. The molecule has 1 fully saturated rings. The quantitative estimate of drug-likeness (QED) is 0.785. The van der Waals surface area contributed by atoms with Crippen molar-refractivity contribution < 1.29 is 13.2 Å². The van der Waals surface area contributed by atoms with Gasteiger partial charge in [-0.3, -0.25) is 4.79 Å². The third-order valence-corrected chi connectivity index (χ3v) is 7.38. The molecule has 1 aliphatic carbocycles. The Morgan fingerprint density at radius 3 is 2.32 bits per heavy atom. The van der Waals surface area contributed by atoms with Gasteiger partial charge in [0.2, 0.25) is 0 Å². The summed E-state index contributed by atoms with van der Waals surface area (Å²) in [7, 11) is -3.88. The van der Waals surface area contributed by atoms with Gasteiger partial charge in [-0.15, -0.1) is 0 Å². The van der Waals surface area contributed by atoms with Crippen molar-refractivity contribution in [2.75, 3.05) is 10.8 Å². The van der Waals surface area contributed by atoms with Gasteiger partial charge in [-0.2, -0.15) is 0 Å². The summed E-state index contributed by atoms with van der Waals surface area (Å²) in [6.45, 7) is 6.20. The Labute approximate surface area is 166 Å². The average Bonchev–Trinajstić information content (AvgIpc) is 3.17. The van der Waals surface area contributed by atoms with Crippen LogP contribution in [-0.4, -0.2) is 31.8 Å². The van der Waals surface area contributed by atoms with E-state index in [4.69, 9.17) is 0 Å². The van der Waals surface area contributed by atoms with E-state index < -0.39 is 10.0 Å². The van der Waals surface area contributed by atoms with Gasteiger partial charge in [0.25, 0.3) is 15.9 Å². The molecule has 0 bridgehead atoms. The molecule has 2 aromatic rings. The molecule has 0 aromatic heterocycles. The molecule has 0 spiro atoms. The fraction of sp³-hybridized carbons (Fsp3) is 0.318. The largest absolute Gasteiger partial charge is 0.330 e. The van der Waals surface area contributed by atoms with Gasteiger partial charge in [-0.1, -0.05) is 49.2 Å². The Morgan fingerprint density at radius 2 is 1.64 bits per heavy atom. The highest BCUT2D eigenvalue weighted by Crippen LogP contribution is 2.36. The van der Waals surface area contributed by atoms with Crippen molar-refractivity contribution in [3.63, 3.8) is 0 Å². The van der Waals surface area contributed by atoms with Gasteiger partial charge < -0.3 is 4.90 Å². The minimum atomic E-state index is -3.88. The molecule has 6 heteroatoms. The molecule has 4 rings (SSSR count). The van der Waals surface area contributed by atoms with Gasteiger partial charge in [-0.25, -0.2) is 12.7 Å². The number of amides is 1. The Kier molecular flexibility index (Phi) is 4.75. The molecule has 2 aromatic carbocycles. The third-order valence-electron chi connectivity index (χ3n) is 5.58. The molecular weight excluding hydrogens is 372 g/mol. The number of fused-ring (bicyclic) bond motifs is 1. The molecule has 1 saturated carbocycles. The Morgan fingerprint density at radius 1 is 1.00 bits per heavy atom. The highest BCUT2D eigenvalue weighted by molar-refractivity contribution is 7.93. The zero-order valence-corrected chi connectivity index (χ0v) is 16.8. The third kappa shape index (κ3) is 3.11. The zero-order chi connectivity index (χ0) is 19.9. The minimum absolute atomic E-state index is 0.120. The second-order valence-electron chi connectivity index (χ2n) is 7.54. The molecule has 0 atom stereocenters. The Balaban J connectivity index is 1.84. The highest BCUT2D eigenvalue weighted by atomic mass is 32.2. The molecule has 0 saturated heterocycles. The lowest BCUT2D eigenvalue weighted by molar-refractivity contribution is 0.0706. The number of para-hydroxylation sites is 1. The predicted molar refractivity (Wildman–Crippen MR) is 110 cm³/mol. The molecule has 2 aliphatic rings. The second-order valence-corrected chi connectivity index (χ2v) is 9.32. The number of anilines is 1. The molecule has 0 unspecified atom stereocenters. The molecule has 0 radical (unpaired) electrons. The Bertz CT molecular complexity index is 1020. The number of hydrogen-bond acceptors (Lipinski definition) is 3. The number of sulfonamides is 1. The fourth-order valence-corrected chi connectivity index (χ4v) is 5.62. The van der Waals surface area contributed by atoms with Gasteiger partial charge in [0.15, 0.2) is 0 Å². The van der Waals surface area contributed by atoms with Crippen molar-refractivity contribution in [3.8, 4) is 0 Å². The van der Waals surface area contributed by atoms with Crippen LogP contribution in [0.5, 0.6) is 0 Å². The summed E-state index contributed by atoms with van der Waals surface area (Å²) in [6.07, 6.45) is 4.08. The van der Waals surface area contributed by atoms with E-state index in [0.29, 0.717) is 16.9 Å². The Hall–Kier alpha value is -2.60. The second kappa shape index (κ2) is 7.09. The van der Waals surface area contributed by atoms with Crippen LogP contribution in [0.15, 0.2) is 65.7 Å². The van der Waals surface area contributed by atoms with Crippen LogP contribution >= 0.6 is 0 Å². The first-order valence-electron chi connectivity index (χ1n) is 9.59. The van der Waals surface area contributed by atoms with Gasteiger partial charge in [0.1, 0.15) is 0 Å². The van der Waals surface area contributed by atoms with E-state index in [9.17, 15) is 13.2 Å². The summed E-state index contributed by atoms with van der Waals surface area (Å²) < 4.78 is 28.2.